The average Bonchev–Trinajstić information content (AvgIpc) is 3.23. The SMILES string of the molecule is CC[C@H](C)[C@@H](Nc1ccc2c(cc1=O)[C@H](NC(C)=O)CCc1cc(OC)c(OC)c(OC)c1-2)C(=O)Nc1ccn(C)n1. The van der Waals surface area contributed by atoms with Gasteiger partial charge in [0, 0.05) is 31.8 Å². The van der Waals surface area contributed by atoms with E-state index in [1.54, 1.807) is 44.3 Å². The number of carbonyl (C=O) groups excluding carboxylic acids is 2. The van der Waals surface area contributed by atoms with Crippen molar-refractivity contribution in [2.24, 2.45) is 13.0 Å². The summed E-state index contributed by atoms with van der Waals surface area (Å²) in [6.07, 6.45) is 3.59. The number of nitrogens with zero attached hydrogens (tertiary/aromatic N) is 2. The molecule has 0 radical (unpaired) electrons. The first kappa shape index (κ1) is 30.4. The predicted molar refractivity (Wildman–Crippen MR) is 161 cm³/mol. The maximum Gasteiger partial charge on any atom is 0.248 e. The molecule has 3 N–H and O–H groups in total. The van der Waals surface area contributed by atoms with Crippen LogP contribution in [0.5, 0.6) is 17.2 Å². The van der Waals surface area contributed by atoms with E-state index in [4.69, 9.17) is 14.2 Å². The van der Waals surface area contributed by atoms with E-state index in [-0.39, 0.29) is 28.8 Å². The number of ether oxygens (including phenoxy) is 3. The van der Waals surface area contributed by atoms with E-state index in [0.717, 1.165) is 11.1 Å². The molecular weight excluding hydrogens is 538 g/mol. The van der Waals surface area contributed by atoms with E-state index in [0.29, 0.717) is 53.5 Å². The second-order valence-electron chi connectivity index (χ2n) is 10.5. The molecule has 0 saturated heterocycles. The van der Waals surface area contributed by atoms with Crippen LogP contribution in [0.4, 0.5) is 11.5 Å². The Morgan fingerprint density at radius 3 is 2.43 bits per heavy atom. The van der Waals surface area contributed by atoms with Crippen LogP contribution >= 0.6 is 0 Å². The summed E-state index contributed by atoms with van der Waals surface area (Å²) in [4.78, 5) is 39.3. The Kier molecular flexibility index (Phi) is 9.39. The summed E-state index contributed by atoms with van der Waals surface area (Å²) < 4.78 is 18.7. The summed E-state index contributed by atoms with van der Waals surface area (Å²) in [6.45, 7) is 5.39. The maximum atomic E-state index is 13.8. The molecule has 0 bridgehead atoms. The molecule has 11 nitrogen and oxygen atoms in total. The van der Waals surface area contributed by atoms with E-state index in [1.165, 1.54) is 20.1 Å². The lowest BCUT2D eigenvalue weighted by Crippen LogP contribution is -2.40. The van der Waals surface area contributed by atoms with Crippen LogP contribution in [0.2, 0.25) is 0 Å². The molecule has 0 saturated carbocycles. The number of rotatable bonds is 10. The van der Waals surface area contributed by atoms with Gasteiger partial charge in [-0.15, -0.1) is 0 Å². The van der Waals surface area contributed by atoms with Gasteiger partial charge in [0.15, 0.2) is 17.3 Å². The highest BCUT2D eigenvalue weighted by Crippen LogP contribution is 2.50. The van der Waals surface area contributed by atoms with Crippen molar-refractivity contribution in [2.45, 2.75) is 52.1 Å². The number of benzene rings is 1. The lowest BCUT2D eigenvalue weighted by molar-refractivity contribution is -0.120. The van der Waals surface area contributed by atoms with Crippen LogP contribution in [0.3, 0.4) is 0 Å². The van der Waals surface area contributed by atoms with Crippen molar-refractivity contribution in [1.82, 2.24) is 15.1 Å². The number of methoxy groups -OCH3 is 3. The predicted octanol–water partition coefficient (Wildman–Crippen LogP) is 4.06. The fraction of sp³-hybridized carbons (Fsp3) is 0.419. The van der Waals surface area contributed by atoms with Gasteiger partial charge in [-0.25, -0.2) is 0 Å². The molecule has 0 fully saturated rings. The molecule has 1 aliphatic carbocycles. The molecule has 2 amide bonds. The Morgan fingerprint density at radius 1 is 1.10 bits per heavy atom. The smallest absolute Gasteiger partial charge is 0.248 e. The van der Waals surface area contributed by atoms with Crippen LogP contribution in [-0.4, -0.2) is 49.0 Å². The summed E-state index contributed by atoms with van der Waals surface area (Å²) in [5, 5.41) is 13.3. The molecule has 4 rings (SSSR count). The fourth-order valence-corrected chi connectivity index (χ4v) is 5.38. The van der Waals surface area contributed by atoms with Crippen molar-refractivity contribution in [1.29, 1.82) is 0 Å². The van der Waals surface area contributed by atoms with E-state index < -0.39 is 12.1 Å². The van der Waals surface area contributed by atoms with E-state index in [2.05, 4.69) is 21.0 Å². The van der Waals surface area contributed by atoms with Gasteiger partial charge < -0.3 is 30.2 Å². The van der Waals surface area contributed by atoms with Crippen LogP contribution in [0, 0.1) is 5.92 Å². The van der Waals surface area contributed by atoms with Gasteiger partial charge in [0.1, 0.15) is 6.04 Å². The number of hydrogen-bond donors (Lipinski definition) is 3. The molecule has 3 aromatic rings. The minimum Gasteiger partial charge on any atom is -0.493 e. The average molecular weight is 578 g/mol. The zero-order chi connectivity index (χ0) is 30.6. The molecule has 0 unspecified atom stereocenters. The Balaban J connectivity index is 1.87. The first-order chi connectivity index (χ1) is 20.1. The zero-order valence-electron chi connectivity index (χ0n) is 25.2. The Labute approximate surface area is 245 Å². The monoisotopic (exact) mass is 577 g/mol. The van der Waals surface area contributed by atoms with Crippen molar-refractivity contribution in [3.8, 4) is 28.4 Å². The van der Waals surface area contributed by atoms with E-state index >= 15 is 0 Å². The van der Waals surface area contributed by atoms with Gasteiger partial charge in [0.05, 0.1) is 33.1 Å². The lowest BCUT2D eigenvalue weighted by Gasteiger charge is -2.23. The largest absolute Gasteiger partial charge is 0.493 e. The number of hydrogen-bond acceptors (Lipinski definition) is 8. The number of carbonyl (C=O) groups is 2. The Bertz CT molecular complexity index is 1530. The number of aryl methyl sites for hydroxylation is 2. The molecule has 1 aliphatic rings. The molecule has 2 aromatic carbocycles. The molecule has 0 spiro atoms. The Hall–Kier alpha value is -4.54. The molecule has 11 heteroatoms. The quantitative estimate of drug-likeness (QED) is 0.329. The topological polar surface area (TPSA) is 133 Å². The summed E-state index contributed by atoms with van der Waals surface area (Å²) >= 11 is 0. The summed E-state index contributed by atoms with van der Waals surface area (Å²) in [6, 6.07) is 7.52. The molecular formula is C31H39N5O6. The first-order valence-electron chi connectivity index (χ1n) is 14.0. The minimum absolute atomic E-state index is 0.0962. The molecule has 42 heavy (non-hydrogen) atoms. The number of aromatic nitrogens is 2. The molecule has 224 valence electrons. The van der Waals surface area contributed by atoms with Crippen LogP contribution in [0.1, 0.15) is 50.8 Å². The second-order valence-corrected chi connectivity index (χ2v) is 10.5. The van der Waals surface area contributed by atoms with Gasteiger partial charge in [-0.1, -0.05) is 26.3 Å². The number of amides is 2. The van der Waals surface area contributed by atoms with Gasteiger partial charge in [0.2, 0.25) is 23.0 Å². The highest BCUT2D eigenvalue weighted by Gasteiger charge is 2.30. The standard InChI is InChI=1S/C31H39N5O6/c1-8-17(2)28(31(39)34-26-13-14-36(4)35-26)33-23-12-10-20-21(16-24(23)38)22(32-18(3)37)11-9-19-15-25(40-5)29(41-6)30(42-7)27(19)20/h10,12-17,22,28H,8-9,11H2,1-7H3,(H,32,37)(H,33,38)(H,34,35,39)/t17-,22+,28+/m0/s1. The third-order valence-electron chi connectivity index (χ3n) is 7.69. The van der Waals surface area contributed by atoms with Gasteiger partial charge in [-0.2, -0.15) is 5.10 Å². The minimum atomic E-state index is -0.704. The zero-order valence-corrected chi connectivity index (χ0v) is 25.2. The second kappa shape index (κ2) is 13.0. The molecule has 0 aliphatic heterocycles. The third-order valence-corrected chi connectivity index (χ3v) is 7.69. The highest BCUT2D eigenvalue weighted by molar-refractivity contribution is 5.96. The highest BCUT2D eigenvalue weighted by atomic mass is 16.5. The van der Waals surface area contributed by atoms with Gasteiger partial charge in [-0.05, 0) is 53.6 Å². The van der Waals surface area contributed by atoms with Crippen molar-refractivity contribution < 1.29 is 23.8 Å². The van der Waals surface area contributed by atoms with Gasteiger partial charge in [-0.3, -0.25) is 19.1 Å². The van der Waals surface area contributed by atoms with Crippen LogP contribution in [-0.2, 0) is 23.1 Å². The molecule has 1 heterocycles. The number of fused-ring (bicyclic) bond motifs is 3. The van der Waals surface area contributed by atoms with Crippen LogP contribution in [0.25, 0.3) is 11.1 Å². The Morgan fingerprint density at radius 2 is 1.83 bits per heavy atom. The molecule has 3 atom stereocenters. The first-order valence-corrected chi connectivity index (χ1v) is 14.0. The van der Waals surface area contributed by atoms with Crippen molar-refractivity contribution in [2.75, 3.05) is 32.0 Å². The van der Waals surface area contributed by atoms with E-state index in [9.17, 15) is 14.4 Å². The summed E-state index contributed by atoms with van der Waals surface area (Å²) in [5.74, 6) is 1.25. The lowest BCUT2D eigenvalue weighted by atomic mass is 9.95. The van der Waals surface area contributed by atoms with Crippen molar-refractivity contribution >= 4 is 23.3 Å². The maximum absolute atomic E-state index is 13.8. The third kappa shape index (κ3) is 6.19. The van der Waals surface area contributed by atoms with Crippen LogP contribution < -0.4 is 35.6 Å². The number of nitrogens with one attached hydrogen (secondary N) is 3. The normalized spacial score (nSPS) is 15.3. The fourth-order valence-electron chi connectivity index (χ4n) is 5.38. The van der Waals surface area contributed by atoms with Gasteiger partial charge >= 0.3 is 0 Å². The summed E-state index contributed by atoms with van der Waals surface area (Å²) in [5.41, 5.74) is 2.98. The van der Waals surface area contributed by atoms with Crippen molar-refractivity contribution in [3.63, 3.8) is 0 Å². The summed E-state index contributed by atoms with van der Waals surface area (Å²) in [7, 11) is 6.43. The van der Waals surface area contributed by atoms with E-state index in [1.807, 2.05) is 26.0 Å². The van der Waals surface area contributed by atoms with Crippen molar-refractivity contribution in [3.05, 3.63) is 57.9 Å². The van der Waals surface area contributed by atoms with Crippen LogP contribution in [0.15, 0.2) is 41.3 Å². The van der Waals surface area contributed by atoms with Gasteiger partial charge in [0.25, 0.3) is 0 Å². The molecule has 1 aromatic heterocycles. The number of anilines is 2.